The van der Waals surface area contributed by atoms with Gasteiger partial charge in [-0.2, -0.15) is 0 Å². The lowest BCUT2D eigenvalue weighted by Crippen LogP contribution is -2.42. The third-order valence-corrected chi connectivity index (χ3v) is 5.81. The summed E-state index contributed by atoms with van der Waals surface area (Å²) in [5.74, 6) is -2.63. The molecule has 3 aromatic carbocycles. The molecule has 1 aliphatic heterocycles. The summed E-state index contributed by atoms with van der Waals surface area (Å²) in [5, 5.41) is 3.28. The Morgan fingerprint density at radius 1 is 0.774 bits per heavy atom. The zero-order valence-corrected chi connectivity index (χ0v) is 16.7. The molecule has 0 amide bonds. The van der Waals surface area contributed by atoms with Crippen molar-refractivity contribution in [3.63, 3.8) is 0 Å². The molecule has 1 heterocycles. The number of piperidine rings is 1. The molecule has 1 fully saturated rings. The molecule has 0 radical (unpaired) electrons. The summed E-state index contributed by atoms with van der Waals surface area (Å²) in [7, 11) is 0. The number of nitrogen functional groups attached to an aromatic ring is 1. The molecule has 1 saturated heterocycles. The van der Waals surface area contributed by atoms with Gasteiger partial charge in [-0.3, -0.25) is 0 Å². The lowest BCUT2D eigenvalue weighted by Gasteiger charge is -2.39. The highest BCUT2D eigenvalue weighted by atomic mass is 19.2. The quantitative estimate of drug-likeness (QED) is 0.416. The standard InChI is InChI=1S/C24H22F4N2O/c25-19-6-5-17(11-21(19)27)31-16-3-1-15(2-4-16)14-24(7-9-30-10-8-24)18-12-23(29)22(28)13-20(18)26/h1-6,11-13,30H,7-10,14,29H2. The highest BCUT2D eigenvalue weighted by molar-refractivity contribution is 5.47. The van der Waals surface area contributed by atoms with E-state index in [4.69, 9.17) is 10.5 Å². The van der Waals surface area contributed by atoms with Gasteiger partial charge in [0.1, 0.15) is 23.1 Å². The number of nitrogens with one attached hydrogen (secondary N) is 1. The minimum atomic E-state index is -0.984. The van der Waals surface area contributed by atoms with Crippen LogP contribution in [-0.2, 0) is 11.8 Å². The summed E-state index contributed by atoms with van der Waals surface area (Å²) in [5.41, 5.74) is 6.53. The minimum absolute atomic E-state index is 0.0652. The van der Waals surface area contributed by atoms with Gasteiger partial charge >= 0.3 is 0 Å². The summed E-state index contributed by atoms with van der Waals surface area (Å²) in [6.07, 6.45) is 1.91. The van der Waals surface area contributed by atoms with E-state index in [0.29, 0.717) is 43.7 Å². The molecule has 0 aromatic heterocycles. The number of benzene rings is 3. The normalized spacial score (nSPS) is 15.6. The van der Waals surface area contributed by atoms with Crippen LogP contribution in [0.25, 0.3) is 0 Å². The van der Waals surface area contributed by atoms with Gasteiger partial charge in [-0.25, -0.2) is 17.6 Å². The summed E-state index contributed by atoms with van der Waals surface area (Å²) in [4.78, 5) is 0. The lowest BCUT2D eigenvalue weighted by molar-refractivity contribution is 0.295. The SMILES string of the molecule is Nc1cc(C2(Cc3ccc(Oc4ccc(F)c(F)c4)cc3)CCNCC2)c(F)cc1F. The van der Waals surface area contributed by atoms with Gasteiger partial charge in [0, 0.05) is 17.5 Å². The van der Waals surface area contributed by atoms with Gasteiger partial charge in [0.15, 0.2) is 11.6 Å². The monoisotopic (exact) mass is 430 g/mol. The van der Waals surface area contributed by atoms with Crippen LogP contribution >= 0.6 is 0 Å². The smallest absolute Gasteiger partial charge is 0.162 e. The second-order valence-corrected chi connectivity index (χ2v) is 7.88. The number of anilines is 1. The van der Waals surface area contributed by atoms with Crippen molar-refractivity contribution in [3.8, 4) is 11.5 Å². The Morgan fingerprint density at radius 3 is 2.13 bits per heavy atom. The predicted octanol–water partition coefficient (Wildman–Crippen LogP) is 5.48. The number of hydrogen-bond donors (Lipinski definition) is 2. The highest BCUT2D eigenvalue weighted by Crippen LogP contribution is 2.40. The molecular weight excluding hydrogens is 408 g/mol. The molecule has 31 heavy (non-hydrogen) atoms. The molecule has 3 N–H and O–H groups in total. The first-order valence-electron chi connectivity index (χ1n) is 10.0. The molecule has 7 heteroatoms. The van der Waals surface area contributed by atoms with Gasteiger partial charge in [0.25, 0.3) is 0 Å². The van der Waals surface area contributed by atoms with Gasteiger partial charge in [0.2, 0.25) is 0 Å². The average Bonchev–Trinajstić information content (AvgIpc) is 2.75. The zero-order chi connectivity index (χ0) is 22.0. The fourth-order valence-corrected chi connectivity index (χ4v) is 4.16. The Labute approximate surface area is 177 Å². The van der Waals surface area contributed by atoms with Crippen molar-refractivity contribution in [2.75, 3.05) is 18.8 Å². The Hall–Kier alpha value is -3.06. The molecule has 0 saturated carbocycles. The van der Waals surface area contributed by atoms with Crippen LogP contribution in [0.2, 0.25) is 0 Å². The van der Waals surface area contributed by atoms with Crippen LogP contribution in [0.4, 0.5) is 23.2 Å². The third-order valence-electron chi connectivity index (χ3n) is 5.81. The van der Waals surface area contributed by atoms with Crippen LogP contribution < -0.4 is 15.8 Å². The van der Waals surface area contributed by atoms with E-state index >= 15 is 0 Å². The van der Waals surface area contributed by atoms with Crippen LogP contribution in [0.3, 0.4) is 0 Å². The minimum Gasteiger partial charge on any atom is -0.457 e. The van der Waals surface area contributed by atoms with E-state index in [1.807, 2.05) is 12.1 Å². The molecular formula is C24H22F4N2O. The molecule has 0 atom stereocenters. The number of hydrogen-bond acceptors (Lipinski definition) is 3. The van der Waals surface area contributed by atoms with Gasteiger partial charge in [0.05, 0.1) is 5.69 Å². The fourth-order valence-electron chi connectivity index (χ4n) is 4.16. The number of halogens is 4. The second kappa shape index (κ2) is 8.59. The average molecular weight is 430 g/mol. The summed E-state index contributed by atoms with van der Waals surface area (Å²) in [6.45, 7) is 1.43. The molecule has 3 aromatic rings. The molecule has 162 valence electrons. The summed E-state index contributed by atoms with van der Waals surface area (Å²) >= 11 is 0. The van der Waals surface area contributed by atoms with Crippen LogP contribution in [0.5, 0.6) is 11.5 Å². The Bertz CT molecular complexity index is 1080. The Kier molecular flexibility index (Phi) is 5.87. The zero-order valence-electron chi connectivity index (χ0n) is 16.7. The maximum atomic E-state index is 14.7. The van der Waals surface area contributed by atoms with Crippen LogP contribution in [0, 0.1) is 23.3 Å². The largest absolute Gasteiger partial charge is 0.457 e. The van der Waals surface area contributed by atoms with Crippen molar-refractivity contribution in [2.45, 2.75) is 24.7 Å². The molecule has 0 aliphatic carbocycles. The van der Waals surface area contributed by atoms with Gasteiger partial charge < -0.3 is 15.8 Å². The van der Waals surface area contributed by atoms with E-state index in [9.17, 15) is 17.6 Å². The topological polar surface area (TPSA) is 47.3 Å². The third kappa shape index (κ3) is 4.51. The first-order valence-corrected chi connectivity index (χ1v) is 10.0. The van der Waals surface area contributed by atoms with Crippen molar-refractivity contribution in [1.82, 2.24) is 5.32 Å². The lowest BCUT2D eigenvalue weighted by atomic mass is 9.69. The molecule has 0 unspecified atom stereocenters. The van der Waals surface area contributed by atoms with E-state index in [-0.39, 0.29) is 11.4 Å². The van der Waals surface area contributed by atoms with Gasteiger partial charge in [-0.05, 0) is 73.8 Å². The highest BCUT2D eigenvalue weighted by Gasteiger charge is 2.36. The fraction of sp³-hybridized carbons (Fsp3) is 0.250. The summed E-state index contributed by atoms with van der Waals surface area (Å²) < 4.78 is 60.5. The molecule has 0 bridgehead atoms. The number of ether oxygens (including phenoxy) is 1. The van der Waals surface area contributed by atoms with Crippen LogP contribution in [0.1, 0.15) is 24.0 Å². The Balaban J connectivity index is 1.58. The van der Waals surface area contributed by atoms with Gasteiger partial charge in [-0.15, -0.1) is 0 Å². The Morgan fingerprint density at radius 2 is 1.45 bits per heavy atom. The molecule has 0 spiro atoms. The van der Waals surface area contributed by atoms with Crippen molar-refractivity contribution >= 4 is 5.69 Å². The number of rotatable bonds is 5. The first kappa shape index (κ1) is 21.2. The van der Waals surface area contributed by atoms with E-state index in [1.165, 1.54) is 12.1 Å². The maximum absolute atomic E-state index is 14.7. The van der Waals surface area contributed by atoms with Crippen LogP contribution in [0.15, 0.2) is 54.6 Å². The van der Waals surface area contributed by atoms with Crippen molar-refractivity contribution < 1.29 is 22.3 Å². The molecule has 1 aliphatic rings. The second-order valence-electron chi connectivity index (χ2n) is 7.88. The predicted molar refractivity (Wildman–Crippen MR) is 111 cm³/mol. The maximum Gasteiger partial charge on any atom is 0.162 e. The van der Waals surface area contributed by atoms with Crippen LogP contribution in [-0.4, -0.2) is 13.1 Å². The van der Waals surface area contributed by atoms with E-state index in [2.05, 4.69) is 5.32 Å². The molecule has 3 nitrogen and oxygen atoms in total. The number of nitrogens with two attached hydrogens (primary N) is 1. The first-order chi connectivity index (χ1) is 14.9. The van der Waals surface area contributed by atoms with E-state index < -0.39 is 28.7 Å². The molecule has 4 rings (SSSR count). The van der Waals surface area contributed by atoms with Crippen molar-refractivity contribution in [2.24, 2.45) is 0 Å². The van der Waals surface area contributed by atoms with Gasteiger partial charge in [-0.1, -0.05) is 12.1 Å². The van der Waals surface area contributed by atoms with E-state index in [0.717, 1.165) is 23.8 Å². The van der Waals surface area contributed by atoms with Crippen molar-refractivity contribution in [1.29, 1.82) is 0 Å². The summed E-state index contributed by atoms with van der Waals surface area (Å²) in [6, 6.07) is 12.7. The van der Waals surface area contributed by atoms with E-state index in [1.54, 1.807) is 12.1 Å². The van der Waals surface area contributed by atoms with Crippen molar-refractivity contribution in [3.05, 3.63) is 89.0 Å².